The van der Waals surface area contributed by atoms with Crippen molar-refractivity contribution in [2.75, 3.05) is 0 Å². The molecule has 0 aliphatic heterocycles. The van der Waals surface area contributed by atoms with Crippen LogP contribution < -0.4 is 0 Å². The first-order valence-electron chi connectivity index (χ1n) is 15.9. The maximum absolute atomic E-state index is 5.02. The molecule has 0 amide bonds. The standard InChI is InChI=1S/C43H41N3/c1-8-29-12-14-30(15-13-29)31-16-18-32(19-17-31)35-10-9-11-36(28-35)41-45-39(33-20-24-37(25-21-33)42(2,3)4)44-40(46-41)34-22-26-38(27-23-34)43(5,6)7/h8-28H,1H2,2-7H3. The molecule has 0 saturated heterocycles. The highest BCUT2D eigenvalue weighted by molar-refractivity contribution is 5.75. The van der Waals surface area contributed by atoms with Crippen molar-refractivity contribution >= 4 is 6.08 Å². The Morgan fingerprint density at radius 2 is 0.761 bits per heavy atom. The van der Waals surface area contributed by atoms with Crippen LogP contribution in [0, 0.1) is 0 Å². The van der Waals surface area contributed by atoms with E-state index in [4.69, 9.17) is 15.0 Å². The molecule has 3 heteroatoms. The Balaban J connectivity index is 1.39. The van der Waals surface area contributed by atoms with Crippen molar-refractivity contribution < 1.29 is 0 Å². The fraction of sp³-hybridized carbons (Fsp3) is 0.186. The third kappa shape index (κ3) is 6.74. The zero-order valence-electron chi connectivity index (χ0n) is 27.7. The molecular formula is C43H41N3. The van der Waals surface area contributed by atoms with Crippen LogP contribution in [-0.2, 0) is 10.8 Å². The van der Waals surface area contributed by atoms with Crippen LogP contribution in [0.5, 0.6) is 0 Å². The van der Waals surface area contributed by atoms with Crippen molar-refractivity contribution in [3.63, 3.8) is 0 Å². The summed E-state index contributed by atoms with van der Waals surface area (Å²) >= 11 is 0. The molecule has 5 aromatic carbocycles. The molecule has 3 nitrogen and oxygen atoms in total. The summed E-state index contributed by atoms with van der Waals surface area (Å²) in [6.45, 7) is 17.2. The van der Waals surface area contributed by atoms with Gasteiger partial charge in [0.2, 0.25) is 0 Å². The molecule has 0 unspecified atom stereocenters. The van der Waals surface area contributed by atoms with Gasteiger partial charge in [0.05, 0.1) is 0 Å². The number of hydrogen-bond acceptors (Lipinski definition) is 3. The first-order chi connectivity index (χ1) is 22.0. The minimum atomic E-state index is 0.0670. The van der Waals surface area contributed by atoms with E-state index in [2.05, 4.69) is 169 Å². The molecule has 0 atom stereocenters. The third-order valence-corrected chi connectivity index (χ3v) is 8.47. The minimum Gasteiger partial charge on any atom is -0.208 e. The first kappa shape index (κ1) is 30.9. The monoisotopic (exact) mass is 599 g/mol. The topological polar surface area (TPSA) is 38.7 Å². The summed E-state index contributed by atoms with van der Waals surface area (Å²) in [4.78, 5) is 15.0. The fourth-order valence-electron chi connectivity index (χ4n) is 5.51. The molecule has 46 heavy (non-hydrogen) atoms. The van der Waals surface area contributed by atoms with Gasteiger partial charge in [-0.05, 0) is 55.8 Å². The van der Waals surface area contributed by atoms with Gasteiger partial charge < -0.3 is 0 Å². The highest BCUT2D eigenvalue weighted by Crippen LogP contribution is 2.32. The maximum Gasteiger partial charge on any atom is 0.164 e. The second-order valence-corrected chi connectivity index (χ2v) is 13.9. The zero-order valence-corrected chi connectivity index (χ0v) is 27.7. The average molecular weight is 600 g/mol. The molecule has 1 heterocycles. The highest BCUT2D eigenvalue weighted by atomic mass is 15.0. The quantitative estimate of drug-likeness (QED) is 0.191. The molecule has 228 valence electrons. The van der Waals surface area contributed by atoms with Crippen molar-refractivity contribution in [2.24, 2.45) is 0 Å². The van der Waals surface area contributed by atoms with Crippen molar-refractivity contribution in [1.82, 2.24) is 15.0 Å². The van der Waals surface area contributed by atoms with E-state index in [1.54, 1.807) is 0 Å². The van der Waals surface area contributed by atoms with Crippen LogP contribution in [0.15, 0.2) is 128 Å². The third-order valence-electron chi connectivity index (χ3n) is 8.47. The Bertz CT molecular complexity index is 1890. The largest absolute Gasteiger partial charge is 0.208 e. The van der Waals surface area contributed by atoms with Crippen molar-refractivity contribution in [1.29, 1.82) is 0 Å². The molecular weight excluding hydrogens is 558 g/mol. The SMILES string of the molecule is C=Cc1ccc(-c2ccc(-c3cccc(-c4nc(-c5ccc(C(C)(C)C)cc5)nc(-c5ccc(C(C)(C)C)cc5)n4)c3)cc2)cc1. The van der Waals surface area contributed by atoms with Gasteiger partial charge in [-0.1, -0.05) is 169 Å². The molecule has 0 spiro atoms. The molecule has 0 saturated carbocycles. The van der Waals surface area contributed by atoms with Gasteiger partial charge in [-0.3, -0.25) is 0 Å². The van der Waals surface area contributed by atoms with E-state index in [9.17, 15) is 0 Å². The van der Waals surface area contributed by atoms with E-state index < -0.39 is 0 Å². The second kappa shape index (κ2) is 12.3. The molecule has 0 aliphatic rings. The van der Waals surface area contributed by atoms with E-state index >= 15 is 0 Å². The molecule has 0 fully saturated rings. The Labute approximate surface area is 273 Å². The number of hydrogen-bond donors (Lipinski definition) is 0. The van der Waals surface area contributed by atoms with E-state index in [1.807, 2.05) is 6.08 Å². The van der Waals surface area contributed by atoms with E-state index in [0.717, 1.165) is 33.4 Å². The Kier molecular flexibility index (Phi) is 8.27. The lowest BCUT2D eigenvalue weighted by Gasteiger charge is -2.19. The summed E-state index contributed by atoms with van der Waals surface area (Å²) in [6.07, 6.45) is 1.86. The fourth-order valence-corrected chi connectivity index (χ4v) is 5.51. The predicted molar refractivity (Wildman–Crippen MR) is 194 cm³/mol. The van der Waals surface area contributed by atoms with Gasteiger partial charge in [0, 0.05) is 16.7 Å². The van der Waals surface area contributed by atoms with E-state index in [0.29, 0.717) is 17.5 Å². The highest BCUT2D eigenvalue weighted by Gasteiger charge is 2.17. The van der Waals surface area contributed by atoms with E-state index in [-0.39, 0.29) is 10.8 Å². The summed E-state index contributed by atoms with van der Waals surface area (Å²) < 4.78 is 0. The van der Waals surface area contributed by atoms with Gasteiger partial charge in [-0.15, -0.1) is 0 Å². The summed E-state index contributed by atoms with van der Waals surface area (Å²) in [5.41, 5.74) is 11.3. The van der Waals surface area contributed by atoms with Gasteiger partial charge in [0.15, 0.2) is 17.5 Å². The van der Waals surface area contributed by atoms with Crippen LogP contribution in [0.1, 0.15) is 58.2 Å². The van der Waals surface area contributed by atoms with Gasteiger partial charge in [0.25, 0.3) is 0 Å². The van der Waals surface area contributed by atoms with Crippen molar-refractivity contribution in [3.8, 4) is 56.4 Å². The Morgan fingerprint density at radius 1 is 0.413 bits per heavy atom. The summed E-state index contributed by atoms with van der Waals surface area (Å²) in [5.74, 6) is 1.98. The van der Waals surface area contributed by atoms with Crippen LogP contribution in [0.4, 0.5) is 0 Å². The van der Waals surface area contributed by atoms with Gasteiger partial charge in [-0.2, -0.15) is 0 Å². The van der Waals surface area contributed by atoms with Crippen LogP contribution in [0.3, 0.4) is 0 Å². The number of nitrogens with zero attached hydrogens (tertiary/aromatic N) is 3. The smallest absolute Gasteiger partial charge is 0.164 e. The molecule has 0 aliphatic carbocycles. The van der Waals surface area contributed by atoms with Gasteiger partial charge in [0.1, 0.15) is 0 Å². The summed E-state index contributed by atoms with van der Waals surface area (Å²) in [5, 5.41) is 0. The van der Waals surface area contributed by atoms with Crippen molar-refractivity contribution in [3.05, 3.63) is 145 Å². The lowest BCUT2D eigenvalue weighted by atomic mass is 9.86. The molecule has 0 N–H and O–H groups in total. The lowest BCUT2D eigenvalue weighted by Crippen LogP contribution is -2.10. The molecule has 1 aromatic heterocycles. The van der Waals surface area contributed by atoms with Crippen LogP contribution >= 0.6 is 0 Å². The first-order valence-corrected chi connectivity index (χ1v) is 15.9. The summed E-state index contributed by atoms with van der Waals surface area (Å²) in [6, 6.07) is 42.8. The number of rotatable bonds is 6. The number of aromatic nitrogens is 3. The summed E-state index contributed by atoms with van der Waals surface area (Å²) in [7, 11) is 0. The molecule has 6 rings (SSSR count). The van der Waals surface area contributed by atoms with Crippen molar-refractivity contribution in [2.45, 2.75) is 52.4 Å². The van der Waals surface area contributed by atoms with Gasteiger partial charge >= 0.3 is 0 Å². The van der Waals surface area contributed by atoms with Gasteiger partial charge in [-0.25, -0.2) is 15.0 Å². The van der Waals surface area contributed by atoms with Crippen LogP contribution in [-0.4, -0.2) is 15.0 Å². The predicted octanol–water partition coefficient (Wildman–Crippen LogP) is 11.4. The normalized spacial score (nSPS) is 11.8. The van der Waals surface area contributed by atoms with Crippen LogP contribution in [0.2, 0.25) is 0 Å². The lowest BCUT2D eigenvalue weighted by molar-refractivity contribution is 0.590. The minimum absolute atomic E-state index is 0.0670. The Morgan fingerprint density at radius 3 is 1.17 bits per heavy atom. The second-order valence-electron chi connectivity index (χ2n) is 13.9. The molecule has 6 aromatic rings. The van der Waals surface area contributed by atoms with Crippen LogP contribution in [0.25, 0.3) is 62.5 Å². The van der Waals surface area contributed by atoms with E-state index in [1.165, 1.54) is 22.3 Å². The number of benzene rings is 5. The molecule has 0 radical (unpaired) electrons. The molecule has 0 bridgehead atoms. The Hall–Kier alpha value is -5.15. The maximum atomic E-state index is 5.02. The zero-order chi connectivity index (χ0) is 32.5. The average Bonchev–Trinajstić information content (AvgIpc) is 3.07.